The molecule has 3 aromatic carbocycles. The van der Waals surface area contributed by atoms with Crippen LogP contribution in [0.15, 0.2) is 78.9 Å². The van der Waals surface area contributed by atoms with Crippen LogP contribution in [0.3, 0.4) is 0 Å². The molecule has 0 aliphatic carbocycles. The minimum Gasteiger partial charge on any atom is -0.492 e. The van der Waals surface area contributed by atoms with E-state index in [9.17, 15) is 4.79 Å². The first-order valence-corrected chi connectivity index (χ1v) is 10.9. The van der Waals surface area contributed by atoms with E-state index in [4.69, 9.17) is 9.47 Å². The second-order valence-electron chi connectivity index (χ2n) is 7.87. The van der Waals surface area contributed by atoms with Gasteiger partial charge in [-0.2, -0.15) is 0 Å². The van der Waals surface area contributed by atoms with Crippen LogP contribution < -0.4 is 9.47 Å². The Labute approximate surface area is 191 Å². The molecule has 3 rings (SSSR count). The van der Waals surface area contributed by atoms with Crippen molar-refractivity contribution in [2.75, 3.05) is 27.2 Å². The van der Waals surface area contributed by atoms with Crippen LogP contribution >= 0.6 is 0 Å². The van der Waals surface area contributed by atoms with E-state index >= 15 is 0 Å². The number of rotatable bonds is 9. The van der Waals surface area contributed by atoms with Gasteiger partial charge in [-0.1, -0.05) is 61.5 Å². The average molecular weight is 430 g/mol. The van der Waals surface area contributed by atoms with Gasteiger partial charge in [-0.15, -0.1) is 0 Å². The summed E-state index contributed by atoms with van der Waals surface area (Å²) in [5.74, 6) is 1.06. The van der Waals surface area contributed by atoms with Crippen LogP contribution in [0.5, 0.6) is 11.5 Å². The SMILES string of the molecule is CC/C(=C(/c1ccc(OCCN(C)C)cc1)c1cccc(OC(C)=O)c1)c1ccccc1. The number of ether oxygens (including phenoxy) is 2. The Kier molecular flexibility index (Phi) is 8.23. The Morgan fingerprint density at radius 1 is 0.812 bits per heavy atom. The van der Waals surface area contributed by atoms with Gasteiger partial charge in [-0.25, -0.2) is 0 Å². The van der Waals surface area contributed by atoms with Gasteiger partial charge >= 0.3 is 5.97 Å². The van der Waals surface area contributed by atoms with Crippen molar-refractivity contribution in [3.8, 4) is 11.5 Å². The summed E-state index contributed by atoms with van der Waals surface area (Å²) in [6.45, 7) is 5.09. The van der Waals surface area contributed by atoms with E-state index in [-0.39, 0.29) is 5.97 Å². The molecule has 0 fully saturated rings. The molecule has 0 atom stereocenters. The fraction of sp³-hybridized carbons (Fsp3) is 0.250. The van der Waals surface area contributed by atoms with Crippen LogP contribution in [-0.4, -0.2) is 38.1 Å². The van der Waals surface area contributed by atoms with E-state index in [1.54, 1.807) is 6.07 Å². The number of allylic oxidation sites excluding steroid dienone is 1. The highest BCUT2D eigenvalue weighted by Crippen LogP contribution is 2.36. The topological polar surface area (TPSA) is 38.8 Å². The number of carbonyl (C=O) groups is 1. The lowest BCUT2D eigenvalue weighted by Gasteiger charge is -2.17. The van der Waals surface area contributed by atoms with Gasteiger partial charge in [0, 0.05) is 13.5 Å². The number of hydrogen-bond donors (Lipinski definition) is 0. The monoisotopic (exact) mass is 429 g/mol. The van der Waals surface area contributed by atoms with Crippen molar-refractivity contribution in [3.05, 3.63) is 95.6 Å². The lowest BCUT2D eigenvalue weighted by molar-refractivity contribution is -0.131. The van der Waals surface area contributed by atoms with E-state index < -0.39 is 0 Å². The molecule has 0 aromatic heterocycles. The minimum atomic E-state index is -0.328. The predicted molar refractivity (Wildman–Crippen MR) is 131 cm³/mol. The van der Waals surface area contributed by atoms with Crippen molar-refractivity contribution in [1.29, 1.82) is 0 Å². The Morgan fingerprint density at radius 2 is 1.50 bits per heavy atom. The van der Waals surface area contributed by atoms with Gasteiger partial charge < -0.3 is 14.4 Å². The quantitative estimate of drug-likeness (QED) is 0.240. The maximum absolute atomic E-state index is 11.5. The van der Waals surface area contributed by atoms with Gasteiger partial charge in [0.05, 0.1) is 0 Å². The maximum Gasteiger partial charge on any atom is 0.308 e. The molecule has 4 nitrogen and oxygen atoms in total. The third-order valence-electron chi connectivity index (χ3n) is 5.11. The van der Waals surface area contributed by atoms with E-state index in [0.717, 1.165) is 35.4 Å². The molecular formula is C28H31NO3. The third-order valence-corrected chi connectivity index (χ3v) is 5.11. The average Bonchev–Trinajstić information content (AvgIpc) is 2.78. The van der Waals surface area contributed by atoms with Gasteiger partial charge in [0.1, 0.15) is 18.1 Å². The summed E-state index contributed by atoms with van der Waals surface area (Å²) in [6, 6.07) is 26.3. The summed E-state index contributed by atoms with van der Waals surface area (Å²) >= 11 is 0. The molecule has 0 amide bonds. The zero-order valence-corrected chi connectivity index (χ0v) is 19.3. The van der Waals surface area contributed by atoms with E-state index in [1.165, 1.54) is 18.1 Å². The second kappa shape index (κ2) is 11.3. The first-order valence-electron chi connectivity index (χ1n) is 10.9. The van der Waals surface area contributed by atoms with Crippen molar-refractivity contribution < 1.29 is 14.3 Å². The number of nitrogens with zero attached hydrogens (tertiary/aromatic N) is 1. The zero-order valence-electron chi connectivity index (χ0n) is 19.3. The van der Waals surface area contributed by atoms with Crippen LogP contribution in [0, 0.1) is 0 Å². The van der Waals surface area contributed by atoms with Crippen molar-refractivity contribution in [2.45, 2.75) is 20.3 Å². The second-order valence-corrected chi connectivity index (χ2v) is 7.87. The lowest BCUT2D eigenvalue weighted by atomic mass is 9.88. The van der Waals surface area contributed by atoms with Gasteiger partial charge in [0.25, 0.3) is 0 Å². The summed E-state index contributed by atoms with van der Waals surface area (Å²) in [6.07, 6.45) is 0.859. The zero-order chi connectivity index (χ0) is 22.9. The maximum atomic E-state index is 11.5. The number of hydrogen-bond acceptors (Lipinski definition) is 4. The molecule has 4 heteroatoms. The van der Waals surface area contributed by atoms with E-state index in [0.29, 0.717) is 12.4 Å². The molecule has 3 aromatic rings. The molecule has 0 aliphatic heterocycles. The predicted octanol–water partition coefficient (Wildman–Crippen LogP) is 5.92. The van der Waals surface area contributed by atoms with Crippen LogP contribution in [0.2, 0.25) is 0 Å². The molecule has 0 saturated heterocycles. The third kappa shape index (κ3) is 6.32. The Balaban J connectivity index is 2.06. The summed E-state index contributed by atoms with van der Waals surface area (Å²) < 4.78 is 11.2. The molecule has 0 radical (unpaired) electrons. The molecular weight excluding hydrogens is 398 g/mol. The molecule has 166 valence electrons. The molecule has 0 bridgehead atoms. The molecule has 0 aliphatic rings. The molecule has 0 saturated carbocycles. The Morgan fingerprint density at radius 3 is 2.12 bits per heavy atom. The highest BCUT2D eigenvalue weighted by atomic mass is 16.5. The van der Waals surface area contributed by atoms with Crippen molar-refractivity contribution in [1.82, 2.24) is 4.90 Å². The largest absolute Gasteiger partial charge is 0.492 e. The highest BCUT2D eigenvalue weighted by Gasteiger charge is 2.14. The molecule has 0 unspecified atom stereocenters. The first kappa shape index (κ1) is 23.3. The van der Waals surface area contributed by atoms with Crippen molar-refractivity contribution in [2.24, 2.45) is 0 Å². The standard InChI is InChI=1S/C28H31NO3/c1-5-27(22-10-7-6-8-11-22)28(24-12-9-13-26(20-24)32-21(2)30)23-14-16-25(17-15-23)31-19-18-29(3)4/h6-17,20H,5,18-19H2,1-4H3/b28-27+. The lowest BCUT2D eigenvalue weighted by Crippen LogP contribution is -2.19. The molecule has 0 spiro atoms. The van der Waals surface area contributed by atoms with Gasteiger partial charge in [0.2, 0.25) is 0 Å². The van der Waals surface area contributed by atoms with Gasteiger partial charge in [-0.05, 0) is 72.6 Å². The summed E-state index contributed by atoms with van der Waals surface area (Å²) in [7, 11) is 4.06. The first-order chi connectivity index (χ1) is 15.5. The van der Waals surface area contributed by atoms with Crippen LogP contribution in [0.25, 0.3) is 11.1 Å². The van der Waals surface area contributed by atoms with Gasteiger partial charge in [0.15, 0.2) is 0 Å². The fourth-order valence-corrected chi connectivity index (χ4v) is 3.62. The van der Waals surface area contributed by atoms with E-state index in [2.05, 4.69) is 54.3 Å². The normalized spacial score (nSPS) is 11.8. The number of carbonyl (C=O) groups excluding carboxylic acids is 1. The highest BCUT2D eigenvalue weighted by molar-refractivity contribution is 5.98. The fourth-order valence-electron chi connectivity index (χ4n) is 3.62. The molecule has 32 heavy (non-hydrogen) atoms. The van der Waals surface area contributed by atoms with Gasteiger partial charge in [-0.3, -0.25) is 4.79 Å². The molecule has 0 heterocycles. The smallest absolute Gasteiger partial charge is 0.308 e. The minimum absolute atomic E-state index is 0.328. The number of likely N-dealkylation sites (N-methyl/N-ethyl adjacent to an activating group) is 1. The Bertz CT molecular complexity index is 1050. The Hall–Kier alpha value is -3.37. The van der Waals surface area contributed by atoms with Crippen LogP contribution in [0.1, 0.15) is 37.0 Å². The summed E-state index contributed by atoms with van der Waals surface area (Å²) in [5, 5.41) is 0. The van der Waals surface area contributed by atoms with Crippen molar-refractivity contribution in [3.63, 3.8) is 0 Å². The number of benzene rings is 3. The van der Waals surface area contributed by atoms with Crippen LogP contribution in [0.4, 0.5) is 0 Å². The molecule has 0 N–H and O–H groups in total. The van der Waals surface area contributed by atoms with Crippen molar-refractivity contribution >= 4 is 17.1 Å². The summed E-state index contributed by atoms with van der Waals surface area (Å²) in [5.41, 5.74) is 5.62. The van der Waals surface area contributed by atoms with Crippen LogP contribution in [-0.2, 0) is 4.79 Å². The van der Waals surface area contributed by atoms with E-state index in [1.807, 2.05) is 44.4 Å². The summed E-state index contributed by atoms with van der Waals surface area (Å²) in [4.78, 5) is 13.6. The number of esters is 1.